The van der Waals surface area contributed by atoms with Gasteiger partial charge in [0.25, 0.3) is 5.91 Å². The second-order valence-electron chi connectivity index (χ2n) is 6.17. The predicted molar refractivity (Wildman–Crippen MR) is 113 cm³/mol. The van der Waals surface area contributed by atoms with Crippen LogP contribution in [0.3, 0.4) is 0 Å². The van der Waals surface area contributed by atoms with Crippen LogP contribution in [0.15, 0.2) is 24.3 Å². The molecular formula is C21H32ClNO7. The molecule has 0 aliphatic carbocycles. The first-order chi connectivity index (χ1) is 14.7. The van der Waals surface area contributed by atoms with Gasteiger partial charge in [-0.05, 0) is 18.6 Å². The molecule has 0 N–H and O–H groups in total. The zero-order valence-corrected chi connectivity index (χ0v) is 18.3. The maximum atomic E-state index is 12.4. The van der Waals surface area contributed by atoms with Crippen LogP contribution in [0.5, 0.6) is 0 Å². The second-order valence-corrected chi connectivity index (χ2v) is 6.55. The molecule has 2 amide bonds. The Kier molecular flexibility index (Phi) is 16.1. The number of hydrogen-bond acceptors (Lipinski definition) is 7. The monoisotopic (exact) mass is 445 g/mol. The van der Waals surface area contributed by atoms with E-state index in [-0.39, 0.29) is 19.1 Å². The molecule has 9 heteroatoms. The van der Waals surface area contributed by atoms with Crippen molar-refractivity contribution in [1.29, 1.82) is 0 Å². The highest BCUT2D eigenvalue weighted by molar-refractivity contribution is 6.17. The van der Waals surface area contributed by atoms with Crippen molar-refractivity contribution in [2.75, 3.05) is 78.5 Å². The molecule has 1 rings (SSSR count). The molecule has 0 saturated carbocycles. The fourth-order valence-electron chi connectivity index (χ4n) is 2.37. The Hall–Kier alpha value is -1.55. The summed E-state index contributed by atoms with van der Waals surface area (Å²) in [6.07, 6.45) is 0.530. The summed E-state index contributed by atoms with van der Waals surface area (Å²) in [6.45, 7) is 6.55. The Morgan fingerprint density at radius 1 is 0.833 bits per heavy atom. The lowest BCUT2D eigenvalue weighted by Crippen LogP contribution is -2.33. The van der Waals surface area contributed by atoms with Crippen molar-refractivity contribution in [2.24, 2.45) is 0 Å². The predicted octanol–water partition coefficient (Wildman–Crippen LogP) is 1.92. The number of halogens is 1. The first-order valence-corrected chi connectivity index (χ1v) is 10.5. The summed E-state index contributed by atoms with van der Waals surface area (Å²) in [5.74, 6) is 0.158. The number of nitrogens with zero attached hydrogens (tertiary/aromatic N) is 1. The number of carbonyl (C=O) groups is 2. The topological polar surface area (TPSA) is 83.5 Å². The lowest BCUT2D eigenvalue weighted by Gasteiger charge is -2.16. The molecule has 0 atom stereocenters. The van der Waals surface area contributed by atoms with E-state index in [9.17, 15) is 9.59 Å². The molecule has 0 aromatic heterocycles. The second kappa shape index (κ2) is 18.2. The molecule has 0 heterocycles. The van der Waals surface area contributed by atoms with Crippen molar-refractivity contribution in [3.05, 3.63) is 35.4 Å². The van der Waals surface area contributed by atoms with Gasteiger partial charge in [-0.1, -0.05) is 18.2 Å². The quantitative estimate of drug-likeness (QED) is 0.183. The van der Waals surface area contributed by atoms with E-state index in [1.54, 1.807) is 12.1 Å². The van der Waals surface area contributed by atoms with E-state index in [1.807, 2.05) is 19.1 Å². The molecule has 170 valence electrons. The van der Waals surface area contributed by atoms with E-state index in [1.165, 1.54) is 0 Å². The Labute approximate surface area is 183 Å². The van der Waals surface area contributed by atoms with Crippen molar-refractivity contribution in [3.8, 4) is 0 Å². The number of benzene rings is 1. The number of amides is 2. The van der Waals surface area contributed by atoms with Gasteiger partial charge in [-0.15, -0.1) is 11.6 Å². The molecule has 0 aliphatic rings. The van der Waals surface area contributed by atoms with Crippen LogP contribution >= 0.6 is 11.6 Å². The van der Waals surface area contributed by atoms with Gasteiger partial charge in [0.05, 0.1) is 72.6 Å². The zero-order valence-electron chi connectivity index (χ0n) is 17.6. The van der Waals surface area contributed by atoms with Crippen LogP contribution < -0.4 is 0 Å². The molecule has 8 nitrogen and oxygen atoms in total. The maximum absolute atomic E-state index is 12.4. The SMILES string of the molecule is Cc1ccccc1C(=O)N(C=O)CCOCCOCCOCCOCCOCCCl. The molecule has 0 spiro atoms. The normalized spacial score (nSPS) is 10.9. The average molecular weight is 446 g/mol. The van der Waals surface area contributed by atoms with Crippen LogP contribution in [0.2, 0.25) is 0 Å². The fourth-order valence-corrected chi connectivity index (χ4v) is 2.48. The number of imide groups is 1. The van der Waals surface area contributed by atoms with Crippen LogP contribution in [0.1, 0.15) is 15.9 Å². The maximum Gasteiger partial charge on any atom is 0.260 e. The number of ether oxygens (including phenoxy) is 5. The molecule has 30 heavy (non-hydrogen) atoms. The Morgan fingerprint density at radius 3 is 1.77 bits per heavy atom. The van der Waals surface area contributed by atoms with Crippen LogP contribution in [0, 0.1) is 6.92 Å². The molecule has 1 aromatic carbocycles. The number of aryl methyl sites for hydroxylation is 1. The number of alkyl halides is 1. The minimum atomic E-state index is -0.327. The van der Waals surface area contributed by atoms with Crippen molar-refractivity contribution in [2.45, 2.75) is 6.92 Å². The number of carbonyl (C=O) groups excluding carboxylic acids is 2. The number of rotatable bonds is 19. The summed E-state index contributed by atoms with van der Waals surface area (Å²) in [5.41, 5.74) is 1.34. The summed E-state index contributed by atoms with van der Waals surface area (Å²) in [7, 11) is 0. The van der Waals surface area contributed by atoms with Gasteiger partial charge in [-0.2, -0.15) is 0 Å². The molecule has 0 fully saturated rings. The van der Waals surface area contributed by atoms with Crippen LogP contribution in [0.25, 0.3) is 0 Å². The minimum Gasteiger partial charge on any atom is -0.378 e. The van der Waals surface area contributed by atoms with Gasteiger partial charge >= 0.3 is 0 Å². The highest BCUT2D eigenvalue weighted by Crippen LogP contribution is 2.09. The molecule has 0 radical (unpaired) electrons. The van der Waals surface area contributed by atoms with Gasteiger partial charge in [0.2, 0.25) is 6.41 Å². The summed E-state index contributed by atoms with van der Waals surface area (Å²) in [4.78, 5) is 24.7. The van der Waals surface area contributed by atoms with Crippen LogP contribution in [0.4, 0.5) is 0 Å². The van der Waals surface area contributed by atoms with E-state index < -0.39 is 0 Å². The van der Waals surface area contributed by atoms with E-state index >= 15 is 0 Å². The van der Waals surface area contributed by atoms with E-state index in [4.69, 9.17) is 35.3 Å². The summed E-state index contributed by atoms with van der Waals surface area (Å²) in [5, 5.41) is 0. The zero-order chi connectivity index (χ0) is 21.9. The first-order valence-electron chi connectivity index (χ1n) is 9.97. The van der Waals surface area contributed by atoms with E-state index in [0.717, 1.165) is 10.5 Å². The average Bonchev–Trinajstić information content (AvgIpc) is 2.76. The molecular weight excluding hydrogens is 414 g/mol. The highest BCUT2D eigenvalue weighted by atomic mass is 35.5. The van der Waals surface area contributed by atoms with Gasteiger partial charge in [0.1, 0.15) is 0 Å². The molecule has 0 bridgehead atoms. The van der Waals surface area contributed by atoms with Crippen molar-refractivity contribution < 1.29 is 33.3 Å². The molecule has 0 unspecified atom stereocenters. The highest BCUT2D eigenvalue weighted by Gasteiger charge is 2.16. The van der Waals surface area contributed by atoms with Crippen LogP contribution in [-0.2, 0) is 28.5 Å². The summed E-state index contributed by atoms with van der Waals surface area (Å²) < 4.78 is 26.7. The van der Waals surface area contributed by atoms with Crippen LogP contribution in [-0.4, -0.2) is 95.7 Å². The third kappa shape index (κ3) is 12.2. The van der Waals surface area contributed by atoms with Gasteiger partial charge in [0.15, 0.2) is 0 Å². The van der Waals surface area contributed by atoms with Crippen molar-refractivity contribution in [3.63, 3.8) is 0 Å². The van der Waals surface area contributed by atoms with Crippen molar-refractivity contribution in [1.82, 2.24) is 4.90 Å². The largest absolute Gasteiger partial charge is 0.378 e. The molecule has 0 aliphatic heterocycles. The fraction of sp³-hybridized carbons (Fsp3) is 0.619. The summed E-state index contributed by atoms with van der Waals surface area (Å²) >= 11 is 5.48. The minimum absolute atomic E-state index is 0.191. The third-order valence-electron chi connectivity index (χ3n) is 3.95. The smallest absolute Gasteiger partial charge is 0.260 e. The number of hydrogen-bond donors (Lipinski definition) is 0. The lowest BCUT2D eigenvalue weighted by molar-refractivity contribution is -0.116. The summed E-state index contributed by atoms with van der Waals surface area (Å²) in [6, 6.07) is 7.16. The standard InChI is InChI=1S/C21H32ClNO7/c1-19-4-2-3-5-20(19)21(25)23(18-24)7-9-27-11-13-29-15-17-30-16-14-28-12-10-26-8-6-22/h2-5,18H,6-17H2,1H3. The Bertz CT molecular complexity index is 588. The van der Waals surface area contributed by atoms with E-state index in [2.05, 4.69) is 0 Å². The lowest BCUT2D eigenvalue weighted by atomic mass is 10.1. The van der Waals surface area contributed by atoms with Gasteiger partial charge < -0.3 is 23.7 Å². The molecule has 1 aromatic rings. The van der Waals surface area contributed by atoms with Gasteiger partial charge in [-0.3, -0.25) is 14.5 Å². The van der Waals surface area contributed by atoms with Crippen molar-refractivity contribution >= 4 is 23.9 Å². The Balaban J connectivity index is 1.95. The first kappa shape index (κ1) is 26.5. The van der Waals surface area contributed by atoms with Gasteiger partial charge in [0, 0.05) is 11.4 Å². The molecule has 0 saturated heterocycles. The Morgan fingerprint density at radius 2 is 1.30 bits per heavy atom. The van der Waals surface area contributed by atoms with Gasteiger partial charge in [-0.25, -0.2) is 0 Å². The third-order valence-corrected chi connectivity index (χ3v) is 4.10. The van der Waals surface area contributed by atoms with E-state index in [0.29, 0.717) is 77.3 Å².